The number of halogens is 1. The van der Waals surface area contributed by atoms with Crippen LogP contribution in [0.25, 0.3) is 0 Å². The highest BCUT2D eigenvalue weighted by molar-refractivity contribution is 6.32. The van der Waals surface area contributed by atoms with Gasteiger partial charge in [-0.15, -0.1) is 0 Å². The Morgan fingerprint density at radius 2 is 2.07 bits per heavy atom. The molecule has 0 saturated heterocycles. The van der Waals surface area contributed by atoms with Crippen molar-refractivity contribution in [2.75, 3.05) is 6.54 Å². The SMILES string of the molecule is Cc1ccc(C(O)CCN)c(C)c1Cl. The number of aliphatic hydroxyl groups is 1. The van der Waals surface area contributed by atoms with Crippen molar-refractivity contribution in [3.8, 4) is 0 Å². The van der Waals surface area contributed by atoms with E-state index in [-0.39, 0.29) is 0 Å². The zero-order chi connectivity index (χ0) is 10.7. The molecule has 3 heteroatoms. The van der Waals surface area contributed by atoms with Crippen LogP contribution in [-0.4, -0.2) is 11.7 Å². The molecule has 0 aliphatic heterocycles. The van der Waals surface area contributed by atoms with Crippen molar-refractivity contribution in [1.29, 1.82) is 0 Å². The molecule has 78 valence electrons. The molecule has 0 aliphatic carbocycles. The fourth-order valence-electron chi connectivity index (χ4n) is 1.51. The number of nitrogens with two attached hydrogens (primary N) is 1. The predicted octanol–water partition coefficient (Wildman–Crippen LogP) is 2.34. The summed E-state index contributed by atoms with van der Waals surface area (Å²) in [4.78, 5) is 0. The summed E-state index contributed by atoms with van der Waals surface area (Å²) in [7, 11) is 0. The summed E-state index contributed by atoms with van der Waals surface area (Å²) in [5.41, 5.74) is 8.26. The number of aryl methyl sites for hydroxylation is 1. The minimum absolute atomic E-state index is 0.478. The van der Waals surface area contributed by atoms with Gasteiger partial charge in [0.25, 0.3) is 0 Å². The van der Waals surface area contributed by atoms with Crippen LogP contribution in [0, 0.1) is 13.8 Å². The van der Waals surface area contributed by atoms with Crippen LogP contribution in [0.2, 0.25) is 5.02 Å². The van der Waals surface area contributed by atoms with Gasteiger partial charge in [-0.2, -0.15) is 0 Å². The molecule has 0 heterocycles. The van der Waals surface area contributed by atoms with Gasteiger partial charge in [-0.3, -0.25) is 0 Å². The van der Waals surface area contributed by atoms with Crippen molar-refractivity contribution in [2.24, 2.45) is 5.73 Å². The van der Waals surface area contributed by atoms with Gasteiger partial charge < -0.3 is 10.8 Å². The zero-order valence-electron chi connectivity index (χ0n) is 8.55. The first-order chi connectivity index (χ1) is 6.57. The third-order valence-corrected chi connectivity index (χ3v) is 3.00. The fourth-order valence-corrected chi connectivity index (χ4v) is 1.68. The Bertz CT molecular complexity index is 325. The average molecular weight is 214 g/mol. The van der Waals surface area contributed by atoms with Gasteiger partial charge in [0.2, 0.25) is 0 Å². The number of benzene rings is 1. The molecule has 0 radical (unpaired) electrons. The van der Waals surface area contributed by atoms with E-state index in [1.165, 1.54) is 0 Å². The molecule has 0 fully saturated rings. The van der Waals surface area contributed by atoms with Gasteiger partial charge in [0.15, 0.2) is 0 Å². The van der Waals surface area contributed by atoms with Crippen LogP contribution in [0.15, 0.2) is 12.1 Å². The summed E-state index contributed by atoms with van der Waals surface area (Å²) < 4.78 is 0. The third-order valence-electron chi connectivity index (χ3n) is 2.42. The van der Waals surface area contributed by atoms with Crippen LogP contribution in [-0.2, 0) is 0 Å². The molecule has 0 amide bonds. The Balaban J connectivity index is 3.04. The quantitative estimate of drug-likeness (QED) is 0.810. The first kappa shape index (κ1) is 11.5. The Morgan fingerprint density at radius 3 is 2.64 bits per heavy atom. The molecule has 1 atom stereocenters. The highest BCUT2D eigenvalue weighted by Gasteiger charge is 2.12. The summed E-state index contributed by atoms with van der Waals surface area (Å²) >= 11 is 6.08. The molecule has 0 saturated carbocycles. The van der Waals surface area contributed by atoms with E-state index in [2.05, 4.69) is 0 Å². The molecule has 0 bridgehead atoms. The van der Waals surface area contributed by atoms with E-state index in [0.717, 1.165) is 21.7 Å². The maximum Gasteiger partial charge on any atom is 0.0805 e. The van der Waals surface area contributed by atoms with E-state index in [0.29, 0.717) is 13.0 Å². The molecular weight excluding hydrogens is 198 g/mol. The molecule has 0 spiro atoms. The maximum absolute atomic E-state index is 9.78. The van der Waals surface area contributed by atoms with Crippen molar-refractivity contribution < 1.29 is 5.11 Å². The normalized spacial score (nSPS) is 12.9. The minimum atomic E-state index is -0.502. The summed E-state index contributed by atoms with van der Waals surface area (Å²) in [5, 5.41) is 10.5. The molecule has 3 N–H and O–H groups in total. The van der Waals surface area contributed by atoms with Crippen LogP contribution in [0.3, 0.4) is 0 Å². The lowest BCUT2D eigenvalue weighted by Crippen LogP contribution is -2.08. The maximum atomic E-state index is 9.78. The molecule has 0 aliphatic rings. The number of rotatable bonds is 3. The second kappa shape index (κ2) is 4.78. The van der Waals surface area contributed by atoms with E-state index in [4.69, 9.17) is 17.3 Å². The standard InChI is InChI=1S/C11H16ClNO/c1-7-3-4-9(8(2)11(7)12)10(14)5-6-13/h3-4,10,14H,5-6,13H2,1-2H3. The first-order valence-electron chi connectivity index (χ1n) is 4.71. The Morgan fingerprint density at radius 1 is 1.43 bits per heavy atom. The minimum Gasteiger partial charge on any atom is -0.388 e. The van der Waals surface area contributed by atoms with Gasteiger partial charge in [-0.05, 0) is 43.5 Å². The zero-order valence-corrected chi connectivity index (χ0v) is 9.30. The summed E-state index contributed by atoms with van der Waals surface area (Å²) in [6.07, 6.45) is 0.0679. The van der Waals surface area contributed by atoms with E-state index >= 15 is 0 Å². The second-order valence-corrected chi connectivity index (χ2v) is 3.88. The van der Waals surface area contributed by atoms with Crippen LogP contribution in [0.1, 0.15) is 29.2 Å². The average Bonchev–Trinajstić information content (AvgIpc) is 2.15. The van der Waals surface area contributed by atoms with Crippen molar-refractivity contribution in [2.45, 2.75) is 26.4 Å². The smallest absolute Gasteiger partial charge is 0.0805 e. The Kier molecular flexibility index (Phi) is 3.93. The molecular formula is C11H16ClNO. The Hall–Kier alpha value is -0.570. The number of hydrogen-bond donors (Lipinski definition) is 2. The van der Waals surface area contributed by atoms with E-state index in [1.54, 1.807) is 0 Å². The molecule has 2 nitrogen and oxygen atoms in total. The van der Waals surface area contributed by atoms with Gasteiger partial charge in [-0.25, -0.2) is 0 Å². The van der Waals surface area contributed by atoms with Gasteiger partial charge in [0.1, 0.15) is 0 Å². The molecule has 1 aromatic rings. The largest absolute Gasteiger partial charge is 0.388 e. The van der Waals surface area contributed by atoms with E-state index in [1.807, 2.05) is 26.0 Å². The molecule has 1 rings (SSSR count). The number of aliphatic hydroxyl groups excluding tert-OH is 1. The van der Waals surface area contributed by atoms with Crippen LogP contribution >= 0.6 is 11.6 Å². The van der Waals surface area contributed by atoms with Crippen LogP contribution in [0.5, 0.6) is 0 Å². The molecule has 0 aromatic heterocycles. The second-order valence-electron chi connectivity index (χ2n) is 3.50. The lowest BCUT2D eigenvalue weighted by Gasteiger charge is -2.14. The lowest BCUT2D eigenvalue weighted by atomic mass is 9.99. The summed E-state index contributed by atoms with van der Waals surface area (Å²) in [5.74, 6) is 0. The Labute approximate surface area is 89.7 Å². The third kappa shape index (κ3) is 2.27. The van der Waals surface area contributed by atoms with E-state index in [9.17, 15) is 5.11 Å². The van der Waals surface area contributed by atoms with Gasteiger partial charge in [-0.1, -0.05) is 23.7 Å². The highest BCUT2D eigenvalue weighted by atomic mass is 35.5. The predicted molar refractivity (Wildman–Crippen MR) is 59.6 cm³/mol. The van der Waals surface area contributed by atoms with Crippen molar-refractivity contribution >= 4 is 11.6 Å². The fraction of sp³-hybridized carbons (Fsp3) is 0.455. The van der Waals surface area contributed by atoms with Crippen LogP contribution < -0.4 is 5.73 Å². The van der Waals surface area contributed by atoms with E-state index < -0.39 is 6.10 Å². The first-order valence-corrected chi connectivity index (χ1v) is 5.09. The summed E-state index contributed by atoms with van der Waals surface area (Å²) in [6, 6.07) is 3.83. The topological polar surface area (TPSA) is 46.2 Å². The van der Waals surface area contributed by atoms with Crippen molar-refractivity contribution in [1.82, 2.24) is 0 Å². The van der Waals surface area contributed by atoms with Gasteiger partial charge in [0.05, 0.1) is 6.10 Å². The van der Waals surface area contributed by atoms with Crippen molar-refractivity contribution in [3.05, 3.63) is 33.8 Å². The number of hydrogen-bond acceptors (Lipinski definition) is 2. The molecule has 1 aromatic carbocycles. The monoisotopic (exact) mass is 213 g/mol. The van der Waals surface area contributed by atoms with Gasteiger partial charge in [0, 0.05) is 5.02 Å². The van der Waals surface area contributed by atoms with Crippen LogP contribution in [0.4, 0.5) is 0 Å². The molecule has 14 heavy (non-hydrogen) atoms. The van der Waals surface area contributed by atoms with Gasteiger partial charge >= 0.3 is 0 Å². The summed E-state index contributed by atoms with van der Waals surface area (Å²) in [6.45, 7) is 4.35. The van der Waals surface area contributed by atoms with Crippen molar-refractivity contribution in [3.63, 3.8) is 0 Å². The lowest BCUT2D eigenvalue weighted by molar-refractivity contribution is 0.169. The highest BCUT2D eigenvalue weighted by Crippen LogP contribution is 2.28. The molecule has 1 unspecified atom stereocenters.